The zero-order valence-electron chi connectivity index (χ0n) is 11.8. The van der Waals surface area contributed by atoms with Gasteiger partial charge in [-0.05, 0) is 36.8 Å². The van der Waals surface area contributed by atoms with Gasteiger partial charge >= 0.3 is 0 Å². The first-order valence-electron chi connectivity index (χ1n) is 7.16. The number of aryl methyl sites for hydroxylation is 1. The SMILES string of the molecule is Cc1cnc2c(c1)nc(N)n2CC1(C)CCCCC1. The molecule has 0 unspecified atom stereocenters. The molecule has 19 heavy (non-hydrogen) atoms. The molecule has 2 heterocycles. The first-order valence-corrected chi connectivity index (χ1v) is 7.16. The molecule has 0 aromatic carbocycles. The van der Waals surface area contributed by atoms with E-state index >= 15 is 0 Å². The van der Waals surface area contributed by atoms with Gasteiger partial charge in [0.25, 0.3) is 0 Å². The van der Waals surface area contributed by atoms with Gasteiger partial charge in [-0.15, -0.1) is 0 Å². The van der Waals surface area contributed by atoms with Crippen LogP contribution in [-0.2, 0) is 6.54 Å². The van der Waals surface area contributed by atoms with Gasteiger partial charge in [0, 0.05) is 12.7 Å². The zero-order valence-corrected chi connectivity index (χ0v) is 11.8. The van der Waals surface area contributed by atoms with Gasteiger partial charge in [-0.25, -0.2) is 9.97 Å². The van der Waals surface area contributed by atoms with Crippen LogP contribution >= 0.6 is 0 Å². The van der Waals surface area contributed by atoms with Crippen LogP contribution in [0.5, 0.6) is 0 Å². The molecule has 0 radical (unpaired) electrons. The summed E-state index contributed by atoms with van der Waals surface area (Å²) in [7, 11) is 0. The van der Waals surface area contributed by atoms with E-state index in [0.717, 1.165) is 23.3 Å². The average Bonchev–Trinajstić information content (AvgIpc) is 2.65. The lowest BCUT2D eigenvalue weighted by atomic mass is 9.75. The third-order valence-electron chi connectivity index (χ3n) is 4.35. The number of nitrogens with two attached hydrogens (primary N) is 1. The van der Waals surface area contributed by atoms with E-state index < -0.39 is 0 Å². The fourth-order valence-electron chi connectivity index (χ4n) is 3.23. The zero-order chi connectivity index (χ0) is 13.5. The highest BCUT2D eigenvalue weighted by Gasteiger charge is 2.28. The number of anilines is 1. The van der Waals surface area contributed by atoms with Crippen molar-refractivity contribution in [3.05, 3.63) is 17.8 Å². The molecule has 0 saturated heterocycles. The lowest BCUT2D eigenvalue weighted by molar-refractivity contribution is 0.186. The first kappa shape index (κ1) is 12.5. The summed E-state index contributed by atoms with van der Waals surface area (Å²) in [5, 5.41) is 0. The Hall–Kier alpha value is -1.58. The van der Waals surface area contributed by atoms with Crippen LogP contribution in [0.15, 0.2) is 12.3 Å². The van der Waals surface area contributed by atoms with Crippen molar-refractivity contribution < 1.29 is 0 Å². The minimum Gasteiger partial charge on any atom is -0.369 e. The van der Waals surface area contributed by atoms with E-state index in [9.17, 15) is 0 Å². The summed E-state index contributed by atoms with van der Waals surface area (Å²) in [6.45, 7) is 5.33. The first-order chi connectivity index (χ1) is 9.07. The van der Waals surface area contributed by atoms with Crippen molar-refractivity contribution in [3.8, 4) is 0 Å². The van der Waals surface area contributed by atoms with E-state index in [2.05, 4.69) is 27.5 Å². The Morgan fingerprint density at radius 2 is 2.05 bits per heavy atom. The summed E-state index contributed by atoms with van der Waals surface area (Å²) < 4.78 is 2.10. The molecule has 4 nitrogen and oxygen atoms in total. The number of nitrogen functional groups attached to an aromatic ring is 1. The third kappa shape index (κ3) is 2.31. The van der Waals surface area contributed by atoms with Gasteiger partial charge in [-0.3, -0.25) is 4.57 Å². The van der Waals surface area contributed by atoms with Gasteiger partial charge in [0.05, 0.1) is 0 Å². The van der Waals surface area contributed by atoms with Crippen molar-refractivity contribution in [2.45, 2.75) is 52.5 Å². The number of hydrogen-bond acceptors (Lipinski definition) is 3. The number of nitrogens with zero attached hydrogens (tertiary/aromatic N) is 3. The molecule has 1 fully saturated rings. The van der Waals surface area contributed by atoms with Crippen LogP contribution in [0.1, 0.15) is 44.6 Å². The summed E-state index contributed by atoms with van der Waals surface area (Å²) >= 11 is 0. The molecule has 0 spiro atoms. The fraction of sp³-hybridized carbons (Fsp3) is 0.600. The number of fused-ring (bicyclic) bond motifs is 1. The maximum absolute atomic E-state index is 6.09. The van der Waals surface area contributed by atoms with Gasteiger partial charge in [-0.2, -0.15) is 0 Å². The summed E-state index contributed by atoms with van der Waals surface area (Å²) in [6.07, 6.45) is 8.47. The van der Waals surface area contributed by atoms with Crippen molar-refractivity contribution >= 4 is 17.1 Å². The molecule has 2 N–H and O–H groups in total. The molecule has 2 aromatic rings. The largest absolute Gasteiger partial charge is 0.369 e. The Balaban J connectivity index is 1.98. The Morgan fingerprint density at radius 1 is 1.32 bits per heavy atom. The van der Waals surface area contributed by atoms with Gasteiger partial charge in [0.1, 0.15) is 5.52 Å². The lowest BCUT2D eigenvalue weighted by Gasteiger charge is -2.34. The quantitative estimate of drug-likeness (QED) is 0.899. The lowest BCUT2D eigenvalue weighted by Crippen LogP contribution is -2.26. The molecule has 3 rings (SSSR count). The van der Waals surface area contributed by atoms with Crippen molar-refractivity contribution in [1.29, 1.82) is 0 Å². The van der Waals surface area contributed by atoms with Crippen LogP contribution in [0, 0.1) is 12.3 Å². The van der Waals surface area contributed by atoms with Crippen molar-refractivity contribution in [3.63, 3.8) is 0 Å². The molecule has 0 atom stereocenters. The Kier molecular flexibility index (Phi) is 2.96. The fourth-order valence-corrected chi connectivity index (χ4v) is 3.23. The molecule has 1 aliphatic rings. The Bertz CT molecular complexity index is 593. The van der Waals surface area contributed by atoms with Crippen LogP contribution in [0.25, 0.3) is 11.2 Å². The molecule has 4 heteroatoms. The summed E-state index contributed by atoms with van der Waals surface area (Å²) in [4.78, 5) is 8.97. The maximum Gasteiger partial charge on any atom is 0.202 e. The van der Waals surface area contributed by atoms with Crippen LogP contribution in [0.2, 0.25) is 0 Å². The van der Waals surface area contributed by atoms with Crippen LogP contribution in [-0.4, -0.2) is 14.5 Å². The highest BCUT2D eigenvalue weighted by molar-refractivity contribution is 5.74. The monoisotopic (exact) mass is 258 g/mol. The Morgan fingerprint density at radius 3 is 2.79 bits per heavy atom. The summed E-state index contributed by atoms with van der Waals surface area (Å²) in [5.74, 6) is 0.597. The second kappa shape index (κ2) is 4.51. The van der Waals surface area contributed by atoms with Crippen LogP contribution in [0.4, 0.5) is 5.95 Å². The molecule has 2 aromatic heterocycles. The Labute approximate surface area is 114 Å². The minimum atomic E-state index is 0.340. The molecule has 0 aliphatic heterocycles. The third-order valence-corrected chi connectivity index (χ3v) is 4.35. The molecular weight excluding hydrogens is 236 g/mol. The second-order valence-corrected chi connectivity index (χ2v) is 6.28. The number of imidazole rings is 1. The molecule has 1 saturated carbocycles. The van der Waals surface area contributed by atoms with Gasteiger partial charge in [0.15, 0.2) is 5.65 Å². The van der Waals surface area contributed by atoms with Crippen LogP contribution in [0.3, 0.4) is 0 Å². The smallest absolute Gasteiger partial charge is 0.202 e. The van der Waals surface area contributed by atoms with Crippen molar-refractivity contribution in [1.82, 2.24) is 14.5 Å². The summed E-state index contributed by atoms with van der Waals surface area (Å²) in [5.41, 5.74) is 9.40. The standard InChI is InChI=1S/C15H22N4/c1-11-8-12-13(17-9-11)19(14(16)18-12)10-15(2)6-4-3-5-7-15/h8-9H,3-7,10H2,1-2H3,(H2,16,18). The average molecular weight is 258 g/mol. The van der Waals surface area contributed by atoms with E-state index in [-0.39, 0.29) is 0 Å². The molecule has 102 valence electrons. The van der Waals surface area contributed by atoms with E-state index in [1.165, 1.54) is 32.1 Å². The number of pyridine rings is 1. The normalized spacial score (nSPS) is 18.8. The highest BCUT2D eigenvalue weighted by Crippen LogP contribution is 2.38. The van der Waals surface area contributed by atoms with Crippen LogP contribution < -0.4 is 5.73 Å². The number of aromatic nitrogens is 3. The predicted molar refractivity (Wildman–Crippen MR) is 77.9 cm³/mol. The molecule has 0 amide bonds. The number of rotatable bonds is 2. The van der Waals surface area contributed by atoms with Crippen molar-refractivity contribution in [2.75, 3.05) is 5.73 Å². The highest BCUT2D eigenvalue weighted by atomic mass is 15.2. The number of hydrogen-bond donors (Lipinski definition) is 1. The topological polar surface area (TPSA) is 56.7 Å². The second-order valence-electron chi connectivity index (χ2n) is 6.28. The summed E-state index contributed by atoms with van der Waals surface area (Å²) in [6, 6.07) is 2.05. The van der Waals surface area contributed by atoms with E-state index in [4.69, 9.17) is 5.73 Å². The van der Waals surface area contributed by atoms with E-state index in [0.29, 0.717) is 11.4 Å². The molecule has 0 bridgehead atoms. The van der Waals surface area contributed by atoms with Gasteiger partial charge in [-0.1, -0.05) is 26.2 Å². The van der Waals surface area contributed by atoms with Crippen molar-refractivity contribution in [2.24, 2.45) is 5.41 Å². The molecular formula is C15H22N4. The minimum absolute atomic E-state index is 0.340. The van der Waals surface area contributed by atoms with Gasteiger partial charge < -0.3 is 5.73 Å². The van der Waals surface area contributed by atoms with E-state index in [1.807, 2.05) is 13.1 Å². The molecule has 1 aliphatic carbocycles. The predicted octanol–water partition coefficient (Wildman–Crippen LogP) is 3.29. The van der Waals surface area contributed by atoms with Gasteiger partial charge in [0.2, 0.25) is 5.95 Å². The maximum atomic E-state index is 6.09. The van der Waals surface area contributed by atoms with E-state index in [1.54, 1.807) is 0 Å².